The van der Waals surface area contributed by atoms with Gasteiger partial charge in [0.2, 0.25) is 0 Å². The second kappa shape index (κ2) is 11.7. The lowest BCUT2D eigenvalue weighted by molar-refractivity contribution is 0.632. The third-order valence-electron chi connectivity index (χ3n) is 6.09. The van der Waals surface area contributed by atoms with Crippen molar-refractivity contribution in [3.8, 4) is 22.3 Å². The molecule has 0 fully saturated rings. The molecule has 0 unspecified atom stereocenters. The molecule has 0 heterocycles. The van der Waals surface area contributed by atoms with Crippen LogP contribution >= 0.6 is 0 Å². The average molecular weight is 399 g/mol. The smallest absolute Gasteiger partial charge is 0.00999 e. The van der Waals surface area contributed by atoms with Crippen molar-refractivity contribution in [3.05, 3.63) is 83.4 Å². The average Bonchev–Trinajstić information content (AvgIpc) is 2.78. The zero-order valence-electron chi connectivity index (χ0n) is 19.2. The van der Waals surface area contributed by atoms with Crippen molar-refractivity contribution in [1.82, 2.24) is 0 Å². The zero-order valence-corrected chi connectivity index (χ0v) is 19.2. The van der Waals surface area contributed by atoms with Crippen LogP contribution in [0.15, 0.2) is 66.7 Å². The molecule has 0 aliphatic rings. The second-order valence-corrected chi connectivity index (χ2v) is 8.67. The molecular formula is C30H38. The van der Waals surface area contributed by atoms with Gasteiger partial charge in [0, 0.05) is 0 Å². The van der Waals surface area contributed by atoms with Gasteiger partial charge < -0.3 is 0 Å². The molecule has 0 aliphatic heterocycles. The third-order valence-corrected chi connectivity index (χ3v) is 6.09. The first-order valence-electron chi connectivity index (χ1n) is 12.0. The van der Waals surface area contributed by atoms with Crippen molar-refractivity contribution >= 4 is 0 Å². The summed E-state index contributed by atoms with van der Waals surface area (Å²) in [4.78, 5) is 0. The summed E-state index contributed by atoms with van der Waals surface area (Å²) in [7, 11) is 0. The maximum absolute atomic E-state index is 2.47. The maximum atomic E-state index is 2.47. The monoisotopic (exact) mass is 398 g/mol. The Labute approximate surface area is 184 Å². The summed E-state index contributed by atoms with van der Waals surface area (Å²) < 4.78 is 0. The lowest BCUT2D eigenvalue weighted by Crippen LogP contribution is -1.96. The van der Waals surface area contributed by atoms with Gasteiger partial charge in [-0.25, -0.2) is 0 Å². The van der Waals surface area contributed by atoms with Crippen molar-refractivity contribution in [2.24, 2.45) is 0 Å². The lowest BCUT2D eigenvalue weighted by Gasteiger charge is -2.17. The molecule has 0 nitrogen and oxygen atoms in total. The topological polar surface area (TPSA) is 0 Å². The Morgan fingerprint density at radius 3 is 2.07 bits per heavy atom. The molecule has 0 N–H and O–H groups in total. The largest absolute Gasteiger partial charge is 0.0654 e. The normalized spacial score (nSPS) is 11.0. The SMILES string of the molecule is CCCCCCCc1ccc(-c2ccccc2)c(-c2ccc(C)cc2CCCC)c1. The van der Waals surface area contributed by atoms with Gasteiger partial charge in [-0.2, -0.15) is 0 Å². The first-order chi connectivity index (χ1) is 14.7. The summed E-state index contributed by atoms with van der Waals surface area (Å²) in [6.45, 7) is 6.78. The minimum Gasteiger partial charge on any atom is -0.0654 e. The van der Waals surface area contributed by atoms with Crippen LogP contribution in [0.25, 0.3) is 22.3 Å². The quantitative estimate of drug-likeness (QED) is 0.282. The van der Waals surface area contributed by atoms with Crippen LogP contribution in [0.2, 0.25) is 0 Å². The molecule has 0 aliphatic carbocycles. The molecule has 0 atom stereocenters. The van der Waals surface area contributed by atoms with Gasteiger partial charge in [-0.15, -0.1) is 0 Å². The Bertz CT molecular complexity index is 905. The van der Waals surface area contributed by atoms with Crippen molar-refractivity contribution in [1.29, 1.82) is 0 Å². The van der Waals surface area contributed by atoms with Gasteiger partial charge in [0.1, 0.15) is 0 Å². The summed E-state index contributed by atoms with van der Waals surface area (Å²) >= 11 is 0. The first kappa shape index (κ1) is 22.3. The van der Waals surface area contributed by atoms with Gasteiger partial charge in [-0.05, 0) is 66.0 Å². The first-order valence-corrected chi connectivity index (χ1v) is 12.0. The van der Waals surface area contributed by atoms with Crippen molar-refractivity contribution in [2.75, 3.05) is 0 Å². The van der Waals surface area contributed by atoms with Gasteiger partial charge >= 0.3 is 0 Å². The van der Waals surface area contributed by atoms with Crippen molar-refractivity contribution < 1.29 is 0 Å². The molecule has 0 amide bonds. The van der Waals surface area contributed by atoms with Crippen LogP contribution in [-0.4, -0.2) is 0 Å². The van der Waals surface area contributed by atoms with E-state index in [-0.39, 0.29) is 0 Å². The van der Waals surface area contributed by atoms with Crippen molar-refractivity contribution in [2.45, 2.75) is 78.6 Å². The molecule has 0 bridgehead atoms. The summed E-state index contributed by atoms with van der Waals surface area (Å²) in [5, 5.41) is 0. The van der Waals surface area contributed by atoms with Gasteiger partial charge in [0.15, 0.2) is 0 Å². The molecule has 3 aromatic carbocycles. The lowest BCUT2D eigenvalue weighted by atomic mass is 9.87. The fourth-order valence-corrected chi connectivity index (χ4v) is 4.33. The maximum Gasteiger partial charge on any atom is -0.00999 e. The van der Waals surface area contributed by atoms with E-state index in [9.17, 15) is 0 Å². The molecule has 0 aromatic heterocycles. The van der Waals surface area contributed by atoms with E-state index in [1.807, 2.05) is 0 Å². The number of hydrogen-bond donors (Lipinski definition) is 0. The second-order valence-electron chi connectivity index (χ2n) is 8.67. The molecular weight excluding hydrogens is 360 g/mol. The molecule has 158 valence electrons. The Balaban J connectivity index is 1.98. The van der Waals surface area contributed by atoms with Crippen molar-refractivity contribution in [3.63, 3.8) is 0 Å². The molecule has 3 aromatic rings. The van der Waals surface area contributed by atoms with Gasteiger partial charge in [-0.3, -0.25) is 0 Å². The Kier molecular flexibility index (Phi) is 8.75. The Hall–Kier alpha value is -2.34. The van der Waals surface area contributed by atoms with Crippen LogP contribution in [0.3, 0.4) is 0 Å². The Morgan fingerprint density at radius 2 is 1.30 bits per heavy atom. The Morgan fingerprint density at radius 1 is 0.567 bits per heavy atom. The highest BCUT2D eigenvalue weighted by atomic mass is 14.2. The molecule has 0 saturated heterocycles. The summed E-state index contributed by atoms with van der Waals surface area (Å²) in [5.74, 6) is 0. The number of rotatable bonds is 11. The van der Waals surface area contributed by atoms with E-state index < -0.39 is 0 Å². The molecule has 0 radical (unpaired) electrons. The molecule has 30 heavy (non-hydrogen) atoms. The zero-order chi connectivity index (χ0) is 21.2. The van der Waals surface area contributed by atoms with E-state index in [1.54, 1.807) is 0 Å². The predicted molar refractivity (Wildman–Crippen MR) is 133 cm³/mol. The van der Waals surface area contributed by atoms with E-state index in [0.29, 0.717) is 0 Å². The number of aryl methyl sites for hydroxylation is 3. The number of benzene rings is 3. The minimum atomic E-state index is 1.16. The van der Waals surface area contributed by atoms with E-state index in [2.05, 4.69) is 87.5 Å². The van der Waals surface area contributed by atoms with Crippen LogP contribution in [0.5, 0.6) is 0 Å². The fraction of sp³-hybridized carbons (Fsp3) is 0.400. The highest BCUT2D eigenvalue weighted by molar-refractivity contribution is 5.85. The third kappa shape index (κ3) is 6.08. The van der Waals surface area contributed by atoms with E-state index >= 15 is 0 Å². The van der Waals surface area contributed by atoms with Crippen LogP contribution in [-0.2, 0) is 12.8 Å². The fourth-order valence-electron chi connectivity index (χ4n) is 4.33. The van der Waals surface area contributed by atoms with Crippen LogP contribution in [0.4, 0.5) is 0 Å². The van der Waals surface area contributed by atoms with Gasteiger partial charge in [0.25, 0.3) is 0 Å². The summed E-state index contributed by atoms with van der Waals surface area (Å²) in [5.41, 5.74) is 9.81. The highest BCUT2D eigenvalue weighted by Crippen LogP contribution is 2.36. The van der Waals surface area contributed by atoms with Gasteiger partial charge in [0.05, 0.1) is 0 Å². The van der Waals surface area contributed by atoms with Gasteiger partial charge in [-0.1, -0.05) is 118 Å². The van der Waals surface area contributed by atoms with E-state index in [4.69, 9.17) is 0 Å². The minimum absolute atomic E-state index is 1.16. The molecule has 3 rings (SSSR count). The standard InChI is InChI=1S/C30H38/c1-4-6-8-9-11-14-25-19-21-28(26-16-12-10-13-17-26)30(23-25)29-20-18-24(3)22-27(29)15-7-5-2/h10,12-13,16-23H,4-9,11,14-15H2,1-3H3. The van der Waals surface area contributed by atoms with Crippen LogP contribution in [0, 0.1) is 6.92 Å². The number of unbranched alkanes of at least 4 members (excludes halogenated alkanes) is 5. The summed E-state index contributed by atoms with van der Waals surface area (Å²) in [6, 6.07) is 25.1. The molecule has 0 heteroatoms. The number of hydrogen-bond acceptors (Lipinski definition) is 0. The highest BCUT2D eigenvalue weighted by Gasteiger charge is 2.13. The predicted octanol–water partition coefficient (Wildman–Crippen LogP) is 9.18. The van der Waals surface area contributed by atoms with Crippen LogP contribution < -0.4 is 0 Å². The summed E-state index contributed by atoms with van der Waals surface area (Å²) in [6.07, 6.45) is 11.5. The van der Waals surface area contributed by atoms with E-state index in [0.717, 1.165) is 6.42 Å². The van der Waals surface area contributed by atoms with Crippen LogP contribution in [0.1, 0.15) is 75.5 Å². The molecule has 0 spiro atoms. The molecule has 0 saturated carbocycles. The van der Waals surface area contributed by atoms with E-state index in [1.165, 1.54) is 90.3 Å².